The predicted octanol–water partition coefficient (Wildman–Crippen LogP) is 4.76. The number of carbonyl (C=O) groups excluding carboxylic acids is 1. The Bertz CT molecular complexity index is 1330. The average molecular weight is 476 g/mol. The quantitative estimate of drug-likeness (QED) is 0.387. The van der Waals surface area contributed by atoms with E-state index in [1.54, 1.807) is 24.4 Å². The van der Waals surface area contributed by atoms with Gasteiger partial charge in [-0.15, -0.1) is 24.5 Å². The number of alkyl halides is 3. The highest BCUT2D eigenvalue weighted by Crippen LogP contribution is 2.25. The Balaban J connectivity index is 1.30. The number of ether oxygens (including phenoxy) is 2. The number of hydrogen-bond donors (Lipinski definition) is 1. The lowest BCUT2D eigenvalue weighted by molar-refractivity contribution is -0.274. The highest BCUT2D eigenvalue weighted by atomic mass is 32.1. The number of anilines is 1. The second kappa shape index (κ2) is 9.33. The van der Waals surface area contributed by atoms with E-state index in [0.717, 1.165) is 15.8 Å². The zero-order valence-electron chi connectivity index (χ0n) is 16.7. The van der Waals surface area contributed by atoms with E-state index < -0.39 is 17.9 Å². The number of nitrogens with zero attached hydrogens (tertiary/aromatic N) is 1. The van der Waals surface area contributed by atoms with E-state index in [1.807, 2.05) is 0 Å². The van der Waals surface area contributed by atoms with E-state index in [2.05, 4.69) is 15.0 Å². The molecule has 2 aromatic carbocycles. The van der Waals surface area contributed by atoms with Gasteiger partial charge in [-0.2, -0.15) is 0 Å². The van der Waals surface area contributed by atoms with E-state index in [9.17, 15) is 22.8 Å². The van der Waals surface area contributed by atoms with Crippen LogP contribution in [0.1, 0.15) is 10.4 Å². The molecule has 170 valence electrons. The zero-order chi connectivity index (χ0) is 23.4. The summed E-state index contributed by atoms with van der Waals surface area (Å²) in [7, 11) is 0. The minimum atomic E-state index is -4.74. The van der Waals surface area contributed by atoms with Crippen LogP contribution in [0.5, 0.6) is 11.5 Å². The summed E-state index contributed by atoms with van der Waals surface area (Å²) in [6.45, 7) is -0.280. The molecule has 0 bridgehead atoms. The largest absolute Gasteiger partial charge is 0.573 e. The lowest BCUT2D eigenvalue weighted by atomic mass is 10.1. The second-order valence-electron chi connectivity index (χ2n) is 6.79. The molecule has 2 heterocycles. The Labute approximate surface area is 188 Å². The van der Waals surface area contributed by atoms with Crippen molar-refractivity contribution in [3.8, 4) is 11.5 Å². The molecule has 33 heavy (non-hydrogen) atoms. The summed E-state index contributed by atoms with van der Waals surface area (Å²) in [4.78, 5) is 28.4. The molecule has 4 aromatic rings. The number of carbonyl (C=O) groups is 1. The number of thiazole rings is 1. The number of aromatic nitrogens is 1. The molecule has 0 aliphatic heterocycles. The number of nitrogens with one attached hydrogen (secondary N) is 1. The van der Waals surface area contributed by atoms with Crippen LogP contribution in [0.2, 0.25) is 0 Å². The van der Waals surface area contributed by atoms with Crippen molar-refractivity contribution in [3.63, 3.8) is 0 Å². The van der Waals surface area contributed by atoms with Crippen LogP contribution < -0.4 is 20.4 Å². The van der Waals surface area contributed by atoms with Crippen molar-refractivity contribution < 1.29 is 31.9 Å². The highest BCUT2D eigenvalue weighted by Gasteiger charge is 2.30. The van der Waals surface area contributed by atoms with Gasteiger partial charge in [-0.25, -0.2) is 9.78 Å². The van der Waals surface area contributed by atoms with Gasteiger partial charge in [0.1, 0.15) is 17.1 Å². The minimum absolute atomic E-state index is 0.280. The van der Waals surface area contributed by atoms with Gasteiger partial charge in [-0.3, -0.25) is 10.1 Å². The first-order valence-corrected chi connectivity index (χ1v) is 10.3. The molecule has 0 spiro atoms. The summed E-state index contributed by atoms with van der Waals surface area (Å²) in [6.07, 6.45) is -2.73. The normalized spacial score (nSPS) is 11.4. The molecule has 0 aliphatic carbocycles. The van der Waals surface area contributed by atoms with Gasteiger partial charge in [0.15, 0.2) is 11.7 Å². The fraction of sp³-hybridized carbons (Fsp3) is 0.136. The van der Waals surface area contributed by atoms with Crippen molar-refractivity contribution in [3.05, 3.63) is 81.7 Å². The summed E-state index contributed by atoms with van der Waals surface area (Å²) in [6, 6.07) is 13.4. The van der Waals surface area contributed by atoms with Gasteiger partial charge in [0.25, 0.3) is 5.91 Å². The summed E-state index contributed by atoms with van der Waals surface area (Å²) in [5, 5.41) is 3.71. The molecule has 4 rings (SSSR count). The standard InChI is InChI=1S/C22H15F3N2O5S/c23-22(24,25)32-15-5-1-13(2-6-15)9-17-11-26-21(33-17)27-19(28)12-30-16-7-3-14-4-8-20(29)31-18(14)10-16/h1-8,10-11H,9,12H2,(H,26,27,28). The van der Waals surface area contributed by atoms with E-state index in [0.29, 0.717) is 22.9 Å². The third-order valence-corrected chi connectivity index (χ3v) is 5.21. The SMILES string of the molecule is O=C(COc1ccc2ccc(=O)oc2c1)Nc1ncc(Cc2ccc(OC(F)(F)F)cc2)s1. The molecule has 11 heteroatoms. The molecule has 0 saturated heterocycles. The fourth-order valence-corrected chi connectivity index (χ4v) is 3.76. The summed E-state index contributed by atoms with van der Waals surface area (Å²) in [5.41, 5.74) is 0.628. The molecule has 7 nitrogen and oxygen atoms in total. The molecule has 0 aliphatic rings. The van der Waals surface area contributed by atoms with Crippen molar-refractivity contribution in [2.24, 2.45) is 0 Å². The van der Waals surface area contributed by atoms with Gasteiger partial charge in [0, 0.05) is 35.0 Å². The number of fused-ring (bicyclic) bond motifs is 1. The van der Waals surface area contributed by atoms with Gasteiger partial charge >= 0.3 is 12.0 Å². The lowest BCUT2D eigenvalue weighted by Gasteiger charge is -2.08. The third kappa shape index (κ3) is 6.32. The lowest BCUT2D eigenvalue weighted by Crippen LogP contribution is -2.19. The van der Waals surface area contributed by atoms with Crippen LogP contribution in [-0.2, 0) is 11.2 Å². The molecular formula is C22H15F3N2O5S. The number of halogens is 3. The molecular weight excluding hydrogens is 461 g/mol. The maximum atomic E-state index is 12.2. The number of benzene rings is 2. The first-order valence-electron chi connectivity index (χ1n) is 9.49. The summed E-state index contributed by atoms with van der Waals surface area (Å²) >= 11 is 1.24. The van der Waals surface area contributed by atoms with Crippen LogP contribution in [0, 0.1) is 0 Å². The third-order valence-electron chi connectivity index (χ3n) is 4.30. The maximum absolute atomic E-state index is 12.2. The first-order chi connectivity index (χ1) is 15.7. The van der Waals surface area contributed by atoms with Crippen LogP contribution in [-0.4, -0.2) is 23.9 Å². The van der Waals surface area contributed by atoms with Crippen LogP contribution >= 0.6 is 11.3 Å². The Morgan fingerprint density at radius 1 is 1.06 bits per heavy atom. The molecule has 0 fully saturated rings. The molecule has 1 N–H and O–H groups in total. The zero-order valence-corrected chi connectivity index (χ0v) is 17.5. The Morgan fingerprint density at radius 3 is 2.55 bits per heavy atom. The van der Waals surface area contributed by atoms with E-state index >= 15 is 0 Å². The van der Waals surface area contributed by atoms with Gasteiger partial charge in [0.2, 0.25) is 0 Å². The highest BCUT2D eigenvalue weighted by molar-refractivity contribution is 7.15. The Morgan fingerprint density at radius 2 is 1.79 bits per heavy atom. The van der Waals surface area contributed by atoms with Crippen molar-refractivity contribution in [1.82, 2.24) is 4.98 Å². The van der Waals surface area contributed by atoms with Gasteiger partial charge in [-0.1, -0.05) is 12.1 Å². The average Bonchev–Trinajstić information content (AvgIpc) is 3.19. The molecule has 1 amide bonds. The summed E-state index contributed by atoms with van der Waals surface area (Å²) < 4.78 is 51.1. The van der Waals surface area contributed by atoms with Crippen LogP contribution in [0.15, 0.2) is 70.0 Å². The number of hydrogen-bond acceptors (Lipinski definition) is 7. The van der Waals surface area contributed by atoms with E-state index in [1.165, 1.54) is 47.7 Å². The van der Waals surface area contributed by atoms with Gasteiger partial charge in [0.05, 0.1) is 0 Å². The van der Waals surface area contributed by atoms with Crippen LogP contribution in [0.3, 0.4) is 0 Å². The fourth-order valence-electron chi connectivity index (χ4n) is 2.89. The van der Waals surface area contributed by atoms with Gasteiger partial charge < -0.3 is 13.9 Å². The van der Waals surface area contributed by atoms with Crippen molar-refractivity contribution >= 4 is 33.3 Å². The maximum Gasteiger partial charge on any atom is 0.573 e. The number of amides is 1. The second-order valence-corrected chi connectivity index (χ2v) is 7.91. The molecule has 0 unspecified atom stereocenters. The van der Waals surface area contributed by atoms with Crippen LogP contribution in [0.4, 0.5) is 18.3 Å². The van der Waals surface area contributed by atoms with E-state index in [4.69, 9.17) is 9.15 Å². The Hall–Kier alpha value is -3.86. The van der Waals surface area contributed by atoms with Gasteiger partial charge in [-0.05, 0) is 35.9 Å². The first kappa shape index (κ1) is 22.3. The van der Waals surface area contributed by atoms with Crippen molar-refractivity contribution in [2.75, 3.05) is 11.9 Å². The van der Waals surface area contributed by atoms with E-state index in [-0.39, 0.29) is 12.4 Å². The predicted molar refractivity (Wildman–Crippen MR) is 115 cm³/mol. The van der Waals surface area contributed by atoms with Crippen molar-refractivity contribution in [2.45, 2.75) is 12.8 Å². The Kier molecular flexibility index (Phi) is 6.31. The van der Waals surface area contributed by atoms with Crippen LogP contribution in [0.25, 0.3) is 11.0 Å². The minimum Gasteiger partial charge on any atom is -0.484 e. The number of rotatable bonds is 7. The topological polar surface area (TPSA) is 90.7 Å². The monoisotopic (exact) mass is 476 g/mol. The molecule has 2 aromatic heterocycles. The summed E-state index contributed by atoms with van der Waals surface area (Å²) in [5.74, 6) is -0.360. The molecule has 0 saturated carbocycles. The molecule has 0 radical (unpaired) electrons. The molecule has 0 atom stereocenters. The smallest absolute Gasteiger partial charge is 0.484 e. The van der Waals surface area contributed by atoms with Crippen molar-refractivity contribution in [1.29, 1.82) is 0 Å².